The molecular formula is C19H21ClFNO3. The van der Waals surface area contributed by atoms with Crippen molar-refractivity contribution in [1.82, 2.24) is 4.90 Å². The molecule has 1 heterocycles. The molecule has 25 heavy (non-hydrogen) atoms. The normalized spacial score (nSPS) is 21.1. The molecule has 0 unspecified atom stereocenters. The van der Waals surface area contributed by atoms with Gasteiger partial charge in [-0.05, 0) is 55.0 Å². The predicted octanol–water partition coefficient (Wildman–Crippen LogP) is 3.37. The number of nitrogens with zero attached hydrogens (tertiary/aromatic N) is 1. The molecule has 1 N–H and O–H groups in total. The van der Waals surface area contributed by atoms with Crippen LogP contribution in [0.5, 0.6) is 11.5 Å². The van der Waals surface area contributed by atoms with E-state index in [9.17, 15) is 9.50 Å². The highest BCUT2D eigenvalue weighted by Gasteiger charge is 2.29. The van der Waals surface area contributed by atoms with E-state index in [0.29, 0.717) is 36.2 Å². The molecule has 4 nitrogen and oxygen atoms in total. The van der Waals surface area contributed by atoms with Crippen molar-refractivity contribution < 1.29 is 19.0 Å². The van der Waals surface area contributed by atoms with Gasteiger partial charge < -0.3 is 14.6 Å². The van der Waals surface area contributed by atoms with Crippen LogP contribution in [0.2, 0.25) is 5.02 Å². The maximum Gasteiger partial charge on any atom is 0.127 e. The number of hydrogen-bond acceptors (Lipinski definition) is 4. The third-order valence-electron chi connectivity index (χ3n) is 4.20. The van der Waals surface area contributed by atoms with E-state index in [-0.39, 0.29) is 11.9 Å². The number of aliphatic hydroxyl groups is 1. The van der Waals surface area contributed by atoms with Crippen LogP contribution >= 0.6 is 11.6 Å². The van der Waals surface area contributed by atoms with Gasteiger partial charge in [0.05, 0.1) is 0 Å². The zero-order chi connectivity index (χ0) is 17.6. The maximum absolute atomic E-state index is 12.8. The van der Waals surface area contributed by atoms with Crippen molar-refractivity contribution in [2.75, 3.05) is 26.2 Å². The molecule has 2 atom stereocenters. The smallest absolute Gasteiger partial charge is 0.127 e. The molecule has 0 aliphatic carbocycles. The lowest BCUT2D eigenvalue weighted by atomic mass is 10.0. The SMILES string of the molecule is O[C@@H]1CN(CCOc2ccc(F)cc2)CC[C@H]1Oc1ccc(Cl)cc1. The van der Waals surface area contributed by atoms with E-state index < -0.39 is 6.10 Å². The largest absolute Gasteiger partial charge is 0.492 e. The molecule has 0 aromatic heterocycles. The molecule has 1 fully saturated rings. The van der Waals surface area contributed by atoms with Crippen LogP contribution in [-0.4, -0.2) is 48.5 Å². The van der Waals surface area contributed by atoms with Crippen molar-refractivity contribution in [2.45, 2.75) is 18.6 Å². The summed E-state index contributed by atoms with van der Waals surface area (Å²) in [6.45, 7) is 2.54. The van der Waals surface area contributed by atoms with Crippen LogP contribution in [0.15, 0.2) is 48.5 Å². The average Bonchev–Trinajstić information content (AvgIpc) is 2.61. The molecule has 0 radical (unpaired) electrons. The first-order valence-corrected chi connectivity index (χ1v) is 8.69. The van der Waals surface area contributed by atoms with Gasteiger partial charge in [-0.15, -0.1) is 0 Å². The lowest BCUT2D eigenvalue weighted by Crippen LogP contribution is -2.49. The molecule has 0 bridgehead atoms. The number of rotatable bonds is 6. The number of piperidine rings is 1. The van der Waals surface area contributed by atoms with Gasteiger partial charge in [0.2, 0.25) is 0 Å². The third-order valence-corrected chi connectivity index (χ3v) is 4.45. The number of aliphatic hydroxyl groups excluding tert-OH is 1. The molecular weight excluding hydrogens is 345 g/mol. The van der Waals surface area contributed by atoms with Gasteiger partial charge in [0, 0.05) is 24.7 Å². The van der Waals surface area contributed by atoms with Crippen molar-refractivity contribution in [3.63, 3.8) is 0 Å². The highest BCUT2D eigenvalue weighted by molar-refractivity contribution is 6.30. The van der Waals surface area contributed by atoms with Gasteiger partial charge in [0.1, 0.15) is 36.1 Å². The van der Waals surface area contributed by atoms with Gasteiger partial charge in [0.15, 0.2) is 0 Å². The van der Waals surface area contributed by atoms with Gasteiger partial charge >= 0.3 is 0 Å². The summed E-state index contributed by atoms with van der Waals surface area (Å²) in [6, 6.07) is 13.1. The number of ether oxygens (including phenoxy) is 2. The lowest BCUT2D eigenvalue weighted by molar-refractivity contribution is -0.0275. The minimum Gasteiger partial charge on any atom is -0.492 e. The van der Waals surface area contributed by atoms with Crippen LogP contribution in [0.25, 0.3) is 0 Å². The number of hydrogen-bond donors (Lipinski definition) is 1. The molecule has 1 aliphatic rings. The zero-order valence-corrected chi connectivity index (χ0v) is 14.5. The van der Waals surface area contributed by atoms with Crippen molar-refractivity contribution in [2.24, 2.45) is 0 Å². The predicted molar refractivity (Wildman–Crippen MR) is 94.8 cm³/mol. The van der Waals surface area contributed by atoms with Gasteiger partial charge in [0.25, 0.3) is 0 Å². The Balaban J connectivity index is 1.42. The van der Waals surface area contributed by atoms with Gasteiger partial charge in [-0.1, -0.05) is 11.6 Å². The number of benzene rings is 2. The summed E-state index contributed by atoms with van der Waals surface area (Å²) < 4.78 is 24.3. The second-order valence-electron chi connectivity index (χ2n) is 6.07. The van der Waals surface area contributed by atoms with E-state index >= 15 is 0 Å². The van der Waals surface area contributed by atoms with Crippen LogP contribution in [0.3, 0.4) is 0 Å². The quantitative estimate of drug-likeness (QED) is 0.852. The Hall–Kier alpha value is -1.82. The molecule has 2 aromatic carbocycles. The first kappa shape index (κ1) is 18.0. The molecule has 134 valence electrons. The first-order valence-electron chi connectivity index (χ1n) is 8.31. The fraction of sp³-hybridized carbons (Fsp3) is 0.368. The Kier molecular flexibility index (Phi) is 6.13. The summed E-state index contributed by atoms with van der Waals surface area (Å²) in [4.78, 5) is 2.13. The molecule has 6 heteroatoms. The second-order valence-corrected chi connectivity index (χ2v) is 6.51. The van der Waals surface area contributed by atoms with Crippen molar-refractivity contribution in [3.8, 4) is 11.5 Å². The van der Waals surface area contributed by atoms with E-state index in [0.717, 1.165) is 13.0 Å². The topological polar surface area (TPSA) is 41.9 Å². The van der Waals surface area contributed by atoms with Crippen molar-refractivity contribution in [3.05, 3.63) is 59.4 Å². The molecule has 0 spiro atoms. The van der Waals surface area contributed by atoms with E-state index in [1.54, 1.807) is 36.4 Å². The Morgan fingerprint density at radius 2 is 1.76 bits per heavy atom. The number of β-amino-alcohol motifs (C(OH)–C–C–N with tert-alkyl or cyclic N) is 1. The van der Waals surface area contributed by atoms with E-state index in [1.165, 1.54) is 12.1 Å². The molecule has 1 saturated heterocycles. The zero-order valence-electron chi connectivity index (χ0n) is 13.8. The van der Waals surface area contributed by atoms with E-state index in [1.807, 2.05) is 0 Å². The molecule has 3 rings (SSSR count). The Bertz CT molecular complexity index is 665. The fourth-order valence-electron chi connectivity index (χ4n) is 2.83. The van der Waals surface area contributed by atoms with Crippen molar-refractivity contribution in [1.29, 1.82) is 0 Å². The summed E-state index contributed by atoms with van der Waals surface area (Å²) in [6.07, 6.45) is -0.0499. The van der Waals surface area contributed by atoms with Gasteiger partial charge in [-0.2, -0.15) is 0 Å². The van der Waals surface area contributed by atoms with Crippen molar-refractivity contribution >= 4 is 11.6 Å². The lowest BCUT2D eigenvalue weighted by Gasteiger charge is -2.35. The molecule has 1 aliphatic heterocycles. The molecule has 0 saturated carbocycles. The highest BCUT2D eigenvalue weighted by atomic mass is 35.5. The Labute approximate surface area is 151 Å². The summed E-state index contributed by atoms with van der Waals surface area (Å²) in [7, 11) is 0. The van der Waals surface area contributed by atoms with Crippen LogP contribution in [0, 0.1) is 5.82 Å². The minimum atomic E-state index is -0.560. The Morgan fingerprint density at radius 1 is 1.08 bits per heavy atom. The minimum absolute atomic E-state index is 0.226. The summed E-state index contributed by atoms with van der Waals surface area (Å²) in [5.41, 5.74) is 0. The first-order chi connectivity index (χ1) is 12.1. The standard InChI is InChI=1S/C19H21ClFNO3/c20-14-1-5-17(6-2-14)25-19-9-10-22(13-18(19)23)11-12-24-16-7-3-15(21)4-8-16/h1-8,18-19,23H,9-13H2/t18-,19-/m1/s1. The van der Waals surface area contributed by atoms with Crippen LogP contribution in [0.4, 0.5) is 4.39 Å². The monoisotopic (exact) mass is 365 g/mol. The number of halogens is 2. The van der Waals surface area contributed by atoms with E-state index in [2.05, 4.69) is 4.90 Å². The molecule has 0 amide bonds. The number of likely N-dealkylation sites (tertiary alicyclic amines) is 1. The third kappa shape index (κ3) is 5.33. The maximum atomic E-state index is 12.8. The van der Waals surface area contributed by atoms with Crippen LogP contribution < -0.4 is 9.47 Å². The van der Waals surface area contributed by atoms with Crippen LogP contribution in [-0.2, 0) is 0 Å². The van der Waals surface area contributed by atoms with Gasteiger partial charge in [-0.3, -0.25) is 4.90 Å². The summed E-state index contributed by atoms with van der Waals surface area (Å²) >= 11 is 5.86. The highest BCUT2D eigenvalue weighted by Crippen LogP contribution is 2.21. The fourth-order valence-corrected chi connectivity index (χ4v) is 2.95. The van der Waals surface area contributed by atoms with Gasteiger partial charge in [-0.25, -0.2) is 4.39 Å². The molecule has 2 aromatic rings. The summed E-state index contributed by atoms with van der Waals surface area (Å²) in [5.74, 6) is 1.07. The summed E-state index contributed by atoms with van der Waals surface area (Å²) in [5, 5.41) is 11.0. The average molecular weight is 366 g/mol. The van der Waals surface area contributed by atoms with Crippen LogP contribution in [0.1, 0.15) is 6.42 Å². The Morgan fingerprint density at radius 3 is 2.44 bits per heavy atom. The second kappa shape index (κ2) is 8.52. The van der Waals surface area contributed by atoms with E-state index in [4.69, 9.17) is 21.1 Å².